The molecule has 3 heteroatoms. The summed E-state index contributed by atoms with van der Waals surface area (Å²) in [6.45, 7) is 10.9. The van der Waals surface area contributed by atoms with Crippen molar-refractivity contribution >= 4 is 0 Å². The number of rotatable bonds is 7. The van der Waals surface area contributed by atoms with Crippen molar-refractivity contribution in [2.75, 3.05) is 39.3 Å². The predicted molar refractivity (Wildman–Crippen MR) is 84.9 cm³/mol. The first-order chi connectivity index (χ1) is 9.67. The zero-order valence-electron chi connectivity index (χ0n) is 13.5. The molecule has 2 rings (SSSR count). The minimum absolute atomic E-state index is 0.369. The van der Waals surface area contributed by atoms with Gasteiger partial charge in [0, 0.05) is 26.2 Å². The summed E-state index contributed by atoms with van der Waals surface area (Å²) in [6.07, 6.45) is 7.98. The molecular weight excluding hydrogens is 248 g/mol. The molecule has 3 atom stereocenters. The predicted octanol–water partition coefficient (Wildman–Crippen LogP) is 2.50. The van der Waals surface area contributed by atoms with E-state index in [1.807, 2.05) is 0 Å². The van der Waals surface area contributed by atoms with Crippen LogP contribution in [0.2, 0.25) is 0 Å². The van der Waals surface area contributed by atoms with Gasteiger partial charge >= 0.3 is 0 Å². The minimum Gasteiger partial charge on any atom is -0.396 e. The molecule has 1 saturated heterocycles. The van der Waals surface area contributed by atoms with Gasteiger partial charge in [0.25, 0.3) is 0 Å². The van der Waals surface area contributed by atoms with Gasteiger partial charge in [0.15, 0.2) is 0 Å². The molecular formula is C17H34N2O. The van der Waals surface area contributed by atoms with E-state index in [4.69, 9.17) is 0 Å². The largest absolute Gasteiger partial charge is 0.396 e. The van der Waals surface area contributed by atoms with Gasteiger partial charge in [0.2, 0.25) is 0 Å². The summed E-state index contributed by atoms with van der Waals surface area (Å²) in [5.74, 6) is 1.40. The normalized spacial score (nSPS) is 35.5. The van der Waals surface area contributed by atoms with Crippen LogP contribution < -0.4 is 5.32 Å². The van der Waals surface area contributed by atoms with E-state index < -0.39 is 0 Å². The molecule has 0 aromatic carbocycles. The van der Waals surface area contributed by atoms with Gasteiger partial charge in [0.05, 0.1) is 0 Å². The van der Waals surface area contributed by atoms with Gasteiger partial charge in [0.1, 0.15) is 0 Å². The maximum absolute atomic E-state index is 9.33. The summed E-state index contributed by atoms with van der Waals surface area (Å²) in [4.78, 5) is 2.62. The summed E-state index contributed by atoms with van der Waals surface area (Å²) in [6, 6.07) is 0. The smallest absolute Gasteiger partial charge is 0.0471 e. The number of aliphatic hydroxyl groups is 1. The highest BCUT2D eigenvalue weighted by Gasteiger charge is 2.37. The molecule has 0 bridgehead atoms. The van der Waals surface area contributed by atoms with Crippen LogP contribution in [0.4, 0.5) is 0 Å². The minimum atomic E-state index is 0.369. The molecule has 3 unspecified atom stereocenters. The fourth-order valence-corrected chi connectivity index (χ4v) is 4.34. The Morgan fingerprint density at radius 3 is 2.85 bits per heavy atom. The van der Waals surface area contributed by atoms with Crippen LogP contribution in [0, 0.1) is 17.3 Å². The van der Waals surface area contributed by atoms with Crippen LogP contribution in [-0.2, 0) is 0 Å². The van der Waals surface area contributed by atoms with Crippen molar-refractivity contribution in [1.29, 1.82) is 0 Å². The van der Waals surface area contributed by atoms with Gasteiger partial charge in [-0.25, -0.2) is 0 Å². The van der Waals surface area contributed by atoms with Gasteiger partial charge in [-0.3, -0.25) is 0 Å². The molecule has 2 N–H and O–H groups in total. The first-order valence-electron chi connectivity index (χ1n) is 8.71. The summed E-state index contributed by atoms with van der Waals surface area (Å²) < 4.78 is 0. The molecule has 1 saturated carbocycles. The lowest BCUT2D eigenvalue weighted by atomic mass is 9.69. The molecule has 1 aliphatic heterocycles. The number of likely N-dealkylation sites (tertiary alicyclic amines) is 1. The van der Waals surface area contributed by atoms with Crippen molar-refractivity contribution in [2.45, 2.75) is 52.4 Å². The summed E-state index contributed by atoms with van der Waals surface area (Å²) in [5, 5.41) is 13.0. The van der Waals surface area contributed by atoms with Gasteiger partial charge in [-0.05, 0) is 56.0 Å². The van der Waals surface area contributed by atoms with Crippen molar-refractivity contribution in [1.82, 2.24) is 10.2 Å². The van der Waals surface area contributed by atoms with Gasteiger partial charge < -0.3 is 15.3 Å². The SMILES string of the molecule is CCCNCC1(CN2CCC(CO)C2)CCCC(C)C1. The van der Waals surface area contributed by atoms with E-state index >= 15 is 0 Å². The third-order valence-corrected chi connectivity index (χ3v) is 5.30. The average Bonchev–Trinajstić information content (AvgIpc) is 2.86. The molecule has 118 valence electrons. The number of nitrogens with zero attached hydrogens (tertiary/aromatic N) is 1. The molecule has 2 aliphatic rings. The molecule has 0 amide bonds. The molecule has 3 nitrogen and oxygen atoms in total. The summed E-state index contributed by atoms with van der Waals surface area (Å²) in [7, 11) is 0. The first-order valence-corrected chi connectivity index (χ1v) is 8.71. The monoisotopic (exact) mass is 282 g/mol. The zero-order valence-corrected chi connectivity index (χ0v) is 13.5. The lowest BCUT2D eigenvalue weighted by Gasteiger charge is -2.43. The Hall–Kier alpha value is -0.120. The van der Waals surface area contributed by atoms with Crippen molar-refractivity contribution in [3.63, 3.8) is 0 Å². The van der Waals surface area contributed by atoms with E-state index in [1.54, 1.807) is 0 Å². The van der Waals surface area contributed by atoms with E-state index in [1.165, 1.54) is 58.2 Å². The van der Waals surface area contributed by atoms with Crippen LogP contribution in [0.5, 0.6) is 0 Å². The Bertz CT molecular complexity index is 284. The van der Waals surface area contributed by atoms with Gasteiger partial charge in [-0.2, -0.15) is 0 Å². The van der Waals surface area contributed by atoms with Crippen molar-refractivity contribution in [3.05, 3.63) is 0 Å². The quantitative estimate of drug-likeness (QED) is 0.704. The number of hydrogen-bond acceptors (Lipinski definition) is 3. The molecule has 0 aromatic heterocycles. The van der Waals surface area contributed by atoms with E-state index in [-0.39, 0.29) is 0 Å². The topological polar surface area (TPSA) is 35.5 Å². The maximum atomic E-state index is 9.33. The zero-order chi connectivity index (χ0) is 14.4. The second kappa shape index (κ2) is 7.77. The van der Waals surface area contributed by atoms with Crippen LogP contribution in [0.1, 0.15) is 52.4 Å². The van der Waals surface area contributed by atoms with Crippen LogP contribution in [-0.4, -0.2) is 49.3 Å². The van der Waals surface area contributed by atoms with Gasteiger partial charge in [-0.1, -0.05) is 26.7 Å². The number of nitrogens with one attached hydrogen (secondary N) is 1. The van der Waals surface area contributed by atoms with Gasteiger partial charge in [-0.15, -0.1) is 0 Å². The average molecular weight is 282 g/mol. The molecule has 1 heterocycles. The number of hydrogen-bond donors (Lipinski definition) is 2. The Morgan fingerprint density at radius 1 is 1.35 bits per heavy atom. The Balaban J connectivity index is 1.91. The van der Waals surface area contributed by atoms with E-state index in [0.29, 0.717) is 17.9 Å². The molecule has 0 aromatic rings. The molecule has 20 heavy (non-hydrogen) atoms. The standard InChI is InChI=1S/C17H34N2O/c1-3-8-18-13-17(7-4-5-15(2)10-17)14-19-9-6-16(11-19)12-20/h15-16,18,20H,3-14H2,1-2H3. The second-order valence-corrected chi connectivity index (χ2v) is 7.45. The first kappa shape index (κ1) is 16.3. The Kier molecular flexibility index (Phi) is 6.31. The van der Waals surface area contributed by atoms with Crippen molar-refractivity contribution in [2.24, 2.45) is 17.3 Å². The van der Waals surface area contributed by atoms with Crippen molar-refractivity contribution in [3.8, 4) is 0 Å². The highest BCUT2D eigenvalue weighted by atomic mass is 16.3. The van der Waals surface area contributed by atoms with Crippen LogP contribution in [0.25, 0.3) is 0 Å². The summed E-state index contributed by atoms with van der Waals surface area (Å²) in [5.41, 5.74) is 0.483. The highest BCUT2D eigenvalue weighted by Crippen LogP contribution is 2.40. The van der Waals surface area contributed by atoms with E-state index in [0.717, 1.165) is 19.0 Å². The highest BCUT2D eigenvalue weighted by molar-refractivity contribution is 4.91. The number of aliphatic hydroxyl groups excluding tert-OH is 1. The molecule has 2 fully saturated rings. The third kappa shape index (κ3) is 4.44. The molecule has 0 radical (unpaired) electrons. The lowest BCUT2D eigenvalue weighted by Crippen LogP contribution is -2.46. The van der Waals surface area contributed by atoms with E-state index in [2.05, 4.69) is 24.1 Å². The fraction of sp³-hybridized carbons (Fsp3) is 1.00. The fourth-order valence-electron chi connectivity index (χ4n) is 4.34. The maximum Gasteiger partial charge on any atom is 0.0471 e. The van der Waals surface area contributed by atoms with E-state index in [9.17, 15) is 5.11 Å². The van der Waals surface area contributed by atoms with Crippen LogP contribution >= 0.6 is 0 Å². The van der Waals surface area contributed by atoms with Crippen LogP contribution in [0.3, 0.4) is 0 Å². The van der Waals surface area contributed by atoms with Crippen LogP contribution in [0.15, 0.2) is 0 Å². The summed E-state index contributed by atoms with van der Waals surface area (Å²) >= 11 is 0. The Morgan fingerprint density at radius 2 is 2.20 bits per heavy atom. The van der Waals surface area contributed by atoms with Crippen molar-refractivity contribution < 1.29 is 5.11 Å². The lowest BCUT2D eigenvalue weighted by molar-refractivity contribution is 0.0875. The molecule has 1 aliphatic carbocycles. The second-order valence-electron chi connectivity index (χ2n) is 7.45. The Labute approximate surface area is 125 Å². The molecule has 0 spiro atoms. The third-order valence-electron chi connectivity index (χ3n) is 5.30.